The Bertz CT molecular complexity index is 519. The minimum absolute atomic E-state index is 0.0541. The van der Waals surface area contributed by atoms with Crippen molar-refractivity contribution in [2.24, 2.45) is 0 Å². The number of esters is 1. The number of carbonyl (C=O) groups excluding carboxylic acids is 2. The molecule has 0 unspecified atom stereocenters. The smallest absolute Gasteiger partial charge is 0.344 e. The topological polar surface area (TPSA) is 52.6 Å². The molecule has 0 aliphatic carbocycles. The molecule has 4 heteroatoms. The second-order valence-electron chi connectivity index (χ2n) is 7.00. The van der Waals surface area contributed by atoms with Crippen molar-refractivity contribution in [2.45, 2.75) is 52.6 Å². The van der Waals surface area contributed by atoms with Gasteiger partial charge in [0.25, 0.3) is 0 Å². The van der Waals surface area contributed by atoms with E-state index in [-0.39, 0.29) is 12.0 Å². The van der Waals surface area contributed by atoms with E-state index in [9.17, 15) is 9.59 Å². The molecule has 0 atom stereocenters. The van der Waals surface area contributed by atoms with Crippen LogP contribution in [-0.2, 0) is 14.9 Å². The zero-order chi connectivity index (χ0) is 16.3. The van der Waals surface area contributed by atoms with Crippen LogP contribution in [0, 0.1) is 0 Å². The average molecular weight is 292 g/mol. The second kappa shape index (κ2) is 6.29. The van der Waals surface area contributed by atoms with Crippen molar-refractivity contribution in [1.82, 2.24) is 0 Å². The minimum Gasteiger partial charge on any atom is -0.481 e. The van der Waals surface area contributed by atoms with Crippen LogP contribution in [0.1, 0.15) is 57.5 Å². The van der Waals surface area contributed by atoms with Crippen LogP contribution in [0.2, 0.25) is 0 Å². The quantitative estimate of drug-likeness (QED) is 0.629. The Kier molecular flexibility index (Phi) is 5.15. The number of rotatable bonds is 4. The minimum atomic E-state index is -0.552. The maximum Gasteiger partial charge on any atom is 0.344 e. The van der Waals surface area contributed by atoms with Crippen molar-refractivity contribution < 1.29 is 19.1 Å². The van der Waals surface area contributed by atoms with E-state index in [1.54, 1.807) is 32.9 Å². The molecule has 0 aliphatic rings. The Balaban J connectivity index is 2.81. The molecule has 0 spiro atoms. The normalized spacial score (nSPS) is 11.9. The summed E-state index contributed by atoms with van der Waals surface area (Å²) in [6, 6.07) is 5.41. The number of hydrogen-bond donors (Lipinski definition) is 0. The molecule has 0 aromatic heterocycles. The summed E-state index contributed by atoms with van der Waals surface area (Å²) in [6.45, 7) is 11.4. The van der Waals surface area contributed by atoms with Crippen LogP contribution in [0.5, 0.6) is 5.75 Å². The monoisotopic (exact) mass is 292 g/mol. The number of aldehydes is 1. The van der Waals surface area contributed by atoms with Gasteiger partial charge in [-0.1, -0.05) is 26.8 Å². The molecule has 0 radical (unpaired) electrons. The molecular weight excluding hydrogens is 268 g/mol. The van der Waals surface area contributed by atoms with Crippen LogP contribution in [0.3, 0.4) is 0 Å². The van der Waals surface area contributed by atoms with Gasteiger partial charge in [-0.2, -0.15) is 0 Å². The van der Waals surface area contributed by atoms with Crippen LogP contribution in [0.15, 0.2) is 18.2 Å². The van der Waals surface area contributed by atoms with Crippen molar-refractivity contribution >= 4 is 12.3 Å². The molecule has 0 heterocycles. The maximum atomic E-state index is 11.6. The third-order valence-electron chi connectivity index (χ3n) is 2.77. The van der Waals surface area contributed by atoms with Crippen LogP contribution in [0.4, 0.5) is 0 Å². The van der Waals surface area contributed by atoms with Gasteiger partial charge in [0.1, 0.15) is 11.4 Å². The third-order valence-corrected chi connectivity index (χ3v) is 2.77. The lowest BCUT2D eigenvalue weighted by Crippen LogP contribution is -2.27. The number of benzene rings is 1. The lowest BCUT2D eigenvalue weighted by molar-refractivity contribution is -0.157. The van der Waals surface area contributed by atoms with E-state index in [1.807, 2.05) is 6.07 Å². The van der Waals surface area contributed by atoms with Gasteiger partial charge in [0.2, 0.25) is 0 Å². The van der Waals surface area contributed by atoms with Gasteiger partial charge < -0.3 is 9.47 Å². The van der Waals surface area contributed by atoms with E-state index in [2.05, 4.69) is 20.8 Å². The Morgan fingerprint density at radius 2 is 1.76 bits per heavy atom. The first-order chi connectivity index (χ1) is 9.53. The highest BCUT2D eigenvalue weighted by atomic mass is 16.6. The number of hydrogen-bond acceptors (Lipinski definition) is 4. The van der Waals surface area contributed by atoms with E-state index in [0.29, 0.717) is 11.3 Å². The van der Waals surface area contributed by atoms with E-state index in [1.165, 1.54) is 0 Å². The SMILES string of the molecule is CC(C)(C)OC(=O)COc1ccc(C(C)(C)C)cc1C=O. The zero-order valence-corrected chi connectivity index (χ0v) is 13.6. The Morgan fingerprint density at radius 1 is 1.14 bits per heavy atom. The van der Waals surface area contributed by atoms with Crippen LogP contribution in [0.25, 0.3) is 0 Å². The van der Waals surface area contributed by atoms with Gasteiger partial charge in [0, 0.05) is 0 Å². The summed E-state index contributed by atoms with van der Waals surface area (Å²) in [5.41, 5.74) is 0.867. The van der Waals surface area contributed by atoms with Crippen LogP contribution in [-0.4, -0.2) is 24.5 Å². The van der Waals surface area contributed by atoms with Crippen molar-refractivity contribution in [1.29, 1.82) is 0 Å². The molecule has 0 bridgehead atoms. The van der Waals surface area contributed by atoms with E-state index in [0.717, 1.165) is 11.8 Å². The standard InChI is InChI=1S/C17H24O4/c1-16(2,3)13-7-8-14(12(9-13)10-18)20-11-15(19)21-17(4,5)6/h7-10H,11H2,1-6H3. The first-order valence-electron chi connectivity index (χ1n) is 6.97. The summed E-state index contributed by atoms with van der Waals surface area (Å²) >= 11 is 0. The van der Waals surface area contributed by atoms with Crippen LogP contribution < -0.4 is 4.74 Å². The summed E-state index contributed by atoms with van der Waals surface area (Å²) in [5.74, 6) is -0.0666. The molecule has 0 aliphatic heterocycles. The first kappa shape index (κ1) is 17.2. The molecule has 1 aromatic rings. The van der Waals surface area contributed by atoms with E-state index >= 15 is 0 Å². The summed E-state index contributed by atoms with van der Waals surface area (Å²) in [6.07, 6.45) is 0.736. The fraction of sp³-hybridized carbons (Fsp3) is 0.529. The first-order valence-corrected chi connectivity index (χ1v) is 6.97. The van der Waals surface area contributed by atoms with Gasteiger partial charge in [-0.15, -0.1) is 0 Å². The third kappa shape index (κ3) is 5.58. The van der Waals surface area contributed by atoms with Crippen molar-refractivity contribution in [3.63, 3.8) is 0 Å². The summed E-state index contributed by atoms with van der Waals surface area (Å²) < 4.78 is 10.6. The Hall–Kier alpha value is -1.84. The molecule has 0 fully saturated rings. The van der Waals surface area contributed by atoms with Gasteiger partial charge in [0.15, 0.2) is 12.9 Å². The fourth-order valence-corrected chi connectivity index (χ4v) is 1.75. The van der Waals surface area contributed by atoms with Crippen molar-refractivity contribution in [2.75, 3.05) is 6.61 Å². The summed E-state index contributed by atoms with van der Waals surface area (Å²) in [5, 5.41) is 0. The lowest BCUT2D eigenvalue weighted by atomic mass is 9.86. The highest BCUT2D eigenvalue weighted by molar-refractivity contribution is 5.80. The van der Waals surface area contributed by atoms with Crippen molar-refractivity contribution in [3.8, 4) is 5.75 Å². The Labute approximate surface area is 126 Å². The predicted octanol–water partition coefficient (Wildman–Crippen LogP) is 3.52. The lowest BCUT2D eigenvalue weighted by Gasteiger charge is -2.21. The Morgan fingerprint density at radius 3 is 2.24 bits per heavy atom. The zero-order valence-electron chi connectivity index (χ0n) is 13.6. The van der Waals surface area contributed by atoms with Gasteiger partial charge in [0.05, 0.1) is 5.56 Å². The summed E-state index contributed by atoms with van der Waals surface area (Å²) in [4.78, 5) is 22.8. The van der Waals surface area contributed by atoms with E-state index in [4.69, 9.17) is 9.47 Å². The molecule has 0 N–H and O–H groups in total. The van der Waals surface area contributed by atoms with Crippen molar-refractivity contribution in [3.05, 3.63) is 29.3 Å². The average Bonchev–Trinajstić information content (AvgIpc) is 2.32. The highest BCUT2D eigenvalue weighted by Gasteiger charge is 2.18. The molecule has 21 heavy (non-hydrogen) atoms. The number of ether oxygens (including phenoxy) is 2. The fourth-order valence-electron chi connectivity index (χ4n) is 1.75. The molecule has 1 rings (SSSR count). The molecular formula is C17H24O4. The van der Waals surface area contributed by atoms with Gasteiger partial charge in [-0.05, 0) is 43.9 Å². The summed E-state index contributed by atoms with van der Waals surface area (Å²) in [7, 11) is 0. The molecule has 0 amide bonds. The van der Waals surface area contributed by atoms with E-state index < -0.39 is 11.6 Å². The maximum absolute atomic E-state index is 11.6. The molecule has 0 saturated carbocycles. The van der Waals surface area contributed by atoms with Gasteiger partial charge >= 0.3 is 5.97 Å². The number of carbonyl (C=O) groups is 2. The van der Waals surface area contributed by atoms with Gasteiger partial charge in [-0.3, -0.25) is 4.79 Å². The van der Waals surface area contributed by atoms with Crippen LogP contribution >= 0.6 is 0 Å². The van der Waals surface area contributed by atoms with Gasteiger partial charge in [-0.25, -0.2) is 4.79 Å². The largest absolute Gasteiger partial charge is 0.481 e. The molecule has 4 nitrogen and oxygen atoms in total. The second-order valence-corrected chi connectivity index (χ2v) is 7.00. The highest BCUT2D eigenvalue weighted by Crippen LogP contribution is 2.27. The molecule has 1 aromatic carbocycles. The molecule has 0 saturated heterocycles. The molecule has 116 valence electrons. The predicted molar refractivity (Wildman–Crippen MR) is 81.9 cm³/mol.